The number of hydrogen-bond acceptors (Lipinski definition) is 9. The predicted octanol–water partition coefficient (Wildman–Crippen LogP) is -4.17. The first-order valence-electron chi connectivity index (χ1n) is 9.54. The smallest absolute Gasteiger partial charge is 0.326 e. The molecule has 14 nitrogen and oxygen atoms in total. The number of carboxylic acid groups (broad SMARTS) is 2. The number of carbonyl (C=O) groups excluding carboxylic acids is 3. The van der Waals surface area contributed by atoms with Crippen LogP contribution in [-0.2, 0) is 24.0 Å². The molecule has 0 heterocycles. The average Bonchev–Trinajstić information content (AvgIpc) is 2.69. The Balaban J connectivity index is 5.25. The van der Waals surface area contributed by atoms with E-state index in [0.29, 0.717) is 19.4 Å². The van der Waals surface area contributed by atoms with Crippen molar-refractivity contribution < 1.29 is 44.4 Å². The Morgan fingerprint density at radius 2 is 1.39 bits per heavy atom. The summed E-state index contributed by atoms with van der Waals surface area (Å²) in [5, 5.41) is 43.0. The monoisotopic (exact) mass is 449 g/mol. The minimum Gasteiger partial charge on any atom is -0.481 e. The van der Waals surface area contributed by atoms with E-state index in [1.807, 2.05) is 5.32 Å². The predicted molar refractivity (Wildman–Crippen MR) is 105 cm³/mol. The van der Waals surface area contributed by atoms with Crippen molar-refractivity contribution in [1.82, 2.24) is 16.0 Å². The van der Waals surface area contributed by atoms with E-state index in [9.17, 15) is 34.2 Å². The second kappa shape index (κ2) is 14.2. The highest BCUT2D eigenvalue weighted by Crippen LogP contribution is 2.03. The fraction of sp³-hybridized carbons (Fsp3) is 0.706. The van der Waals surface area contributed by atoms with Gasteiger partial charge in [-0.05, 0) is 32.7 Å². The molecule has 0 aliphatic rings. The molecule has 11 N–H and O–H groups in total. The molecule has 0 rings (SSSR count). The molecule has 0 spiro atoms. The van der Waals surface area contributed by atoms with Crippen molar-refractivity contribution >= 4 is 29.7 Å². The topological polar surface area (TPSA) is 254 Å². The molecular formula is C17H31N5O9. The lowest BCUT2D eigenvalue weighted by Crippen LogP contribution is -2.59. The fourth-order valence-electron chi connectivity index (χ4n) is 2.36. The summed E-state index contributed by atoms with van der Waals surface area (Å²) in [6, 6.07) is -5.88. The van der Waals surface area contributed by atoms with Gasteiger partial charge in [0.05, 0.1) is 19.1 Å². The maximum Gasteiger partial charge on any atom is 0.326 e. The lowest BCUT2D eigenvalue weighted by Gasteiger charge is -2.24. The number of aliphatic hydroxyl groups is 2. The summed E-state index contributed by atoms with van der Waals surface area (Å²) < 4.78 is 0. The average molecular weight is 449 g/mol. The van der Waals surface area contributed by atoms with Crippen molar-refractivity contribution in [2.75, 3.05) is 13.2 Å². The molecule has 14 heteroatoms. The first-order chi connectivity index (χ1) is 14.4. The van der Waals surface area contributed by atoms with E-state index in [-0.39, 0.29) is 6.42 Å². The molecule has 0 bridgehead atoms. The van der Waals surface area contributed by atoms with Gasteiger partial charge in [-0.15, -0.1) is 0 Å². The molecule has 0 fully saturated rings. The van der Waals surface area contributed by atoms with E-state index < -0.39 is 73.0 Å². The minimum atomic E-state index is -1.78. The number of carbonyl (C=O) groups is 5. The third-order valence-electron chi connectivity index (χ3n) is 4.21. The van der Waals surface area contributed by atoms with Gasteiger partial charge >= 0.3 is 11.9 Å². The molecule has 5 unspecified atom stereocenters. The number of hydrogen-bond donors (Lipinski definition) is 9. The summed E-state index contributed by atoms with van der Waals surface area (Å²) in [5.41, 5.74) is 11.0. The van der Waals surface area contributed by atoms with Gasteiger partial charge in [0.15, 0.2) is 0 Å². The summed E-state index contributed by atoms with van der Waals surface area (Å²) in [5.74, 6) is -5.91. The van der Waals surface area contributed by atoms with E-state index >= 15 is 0 Å². The Morgan fingerprint density at radius 3 is 1.84 bits per heavy atom. The van der Waals surface area contributed by atoms with Crippen LogP contribution >= 0.6 is 0 Å². The third kappa shape index (κ3) is 10.7. The Labute approximate surface area is 178 Å². The van der Waals surface area contributed by atoms with Gasteiger partial charge in [0.2, 0.25) is 17.7 Å². The number of aliphatic carboxylic acids is 2. The Hall–Kier alpha value is -2.81. The van der Waals surface area contributed by atoms with Gasteiger partial charge in [-0.1, -0.05) is 0 Å². The molecule has 0 aliphatic carbocycles. The molecular weight excluding hydrogens is 418 g/mol. The first kappa shape index (κ1) is 28.2. The van der Waals surface area contributed by atoms with Crippen LogP contribution in [0, 0.1) is 0 Å². The first-order valence-corrected chi connectivity index (χ1v) is 9.54. The molecule has 0 aromatic heterocycles. The second-order valence-corrected chi connectivity index (χ2v) is 6.85. The molecule has 0 aromatic rings. The molecule has 0 saturated heterocycles. The summed E-state index contributed by atoms with van der Waals surface area (Å²) in [7, 11) is 0. The normalized spacial score (nSPS) is 15.6. The van der Waals surface area contributed by atoms with Crippen molar-refractivity contribution in [1.29, 1.82) is 0 Å². The van der Waals surface area contributed by atoms with Gasteiger partial charge in [-0.25, -0.2) is 4.79 Å². The lowest BCUT2D eigenvalue weighted by atomic mass is 10.1. The van der Waals surface area contributed by atoms with Crippen LogP contribution in [0.15, 0.2) is 0 Å². The summed E-state index contributed by atoms with van der Waals surface area (Å²) in [6.45, 7) is 0.695. The van der Waals surface area contributed by atoms with Crippen molar-refractivity contribution in [3.63, 3.8) is 0 Å². The van der Waals surface area contributed by atoms with Crippen molar-refractivity contribution in [2.45, 2.75) is 62.9 Å². The van der Waals surface area contributed by atoms with Crippen LogP contribution in [0.3, 0.4) is 0 Å². The zero-order valence-corrected chi connectivity index (χ0v) is 17.1. The van der Waals surface area contributed by atoms with Gasteiger partial charge < -0.3 is 47.8 Å². The quantitative estimate of drug-likeness (QED) is 0.108. The minimum absolute atomic E-state index is 0.109. The van der Waals surface area contributed by atoms with Gasteiger partial charge in [0.1, 0.15) is 24.2 Å². The Morgan fingerprint density at radius 1 is 0.871 bits per heavy atom. The third-order valence-corrected chi connectivity index (χ3v) is 4.21. The molecule has 5 atom stereocenters. The van der Waals surface area contributed by atoms with Crippen LogP contribution in [-0.4, -0.2) is 93.5 Å². The zero-order valence-electron chi connectivity index (χ0n) is 17.1. The van der Waals surface area contributed by atoms with E-state index in [4.69, 9.17) is 21.7 Å². The molecule has 0 saturated carbocycles. The molecule has 0 aromatic carbocycles. The number of rotatable bonds is 15. The number of unbranched alkanes of at least 4 members (excludes halogenated alkanes) is 1. The van der Waals surface area contributed by atoms with Gasteiger partial charge in [-0.3, -0.25) is 19.2 Å². The van der Waals surface area contributed by atoms with E-state index in [0.717, 1.165) is 0 Å². The van der Waals surface area contributed by atoms with Crippen molar-refractivity contribution in [3.05, 3.63) is 0 Å². The summed E-state index contributed by atoms with van der Waals surface area (Å²) in [4.78, 5) is 58.7. The fourth-order valence-corrected chi connectivity index (χ4v) is 2.36. The van der Waals surface area contributed by atoms with Crippen LogP contribution in [0.1, 0.15) is 32.6 Å². The van der Waals surface area contributed by atoms with Crippen molar-refractivity contribution in [3.8, 4) is 0 Å². The van der Waals surface area contributed by atoms with Crippen LogP contribution in [0.4, 0.5) is 0 Å². The lowest BCUT2D eigenvalue weighted by molar-refractivity contribution is -0.147. The number of carboxylic acids is 2. The van der Waals surface area contributed by atoms with E-state index in [1.54, 1.807) is 0 Å². The van der Waals surface area contributed by atoms with Crippen LogP contribution in [0.25, 0.3) is 0 Å². The molecule has 178 valence electrons. The number of amides is 3. The largest absolute Gasteiger partial charge is 0.481 e. The molecule has 0 aliphatic heterocycles. The highest BCUT2D eigenvalue weighted by molar-refractivity contribution is 5.94. The second-order valence-electron chi connectivity index (χ2n) is 6.85. The van der Waals surface area contributed by atoms with E-state index in [1.165, 1.54) is 6.92 Å². The van der Waals surface area contributed by atoms with Crippen molar-refractivity contribution in [2.24, 2.45) is 11.5 Å². The highest BCUT2D eigenvalue weighted by atomic mass is 16.4. The van der Waals surface area contributed by atoms with Gasteiger partial charge in [0, 0.05) is 0 Å². The molecule has 0 radical (unpaired) electrons. The van der Waals surface area contributed by atoms with E-state index in [2.05, 4.69) is 10.6 Å². The molecule has 3 amide bonds. The number of nitrogens with two attached hydrogens (primary N) is 2. The number of nitrogens with one attached hydrogen (secondary N) is 3. The number of aliphatic hydroxyl groups excluding tert-OH is 2. The van der Waals surface area contributed by atoms with Crippen LogP contribution in [0.2, 0.25) is 0 Å². The maximum atomic E-state index is 12.6. The van der Waals surface area contributed by atoms with Crippen LogP contribution in [0.5, 0.6) is 0 Å². The Bertz CT molecular complexity index is 643. The standard InChI is InChI=1S/C17H31N5O9/c1-8(24)13(19)16(29)20-9(4-2-3-5-18)14(27)22-11(7-23)15(28)21-10(17(30)31)6-12(25)26/h8-11,13,23-24H,2-7,18-19H2,1H3,(H,20,29)(H,21,28)(H,22,27)(H,25,26)(H,30,31). The summed E-state index contributed by atoms with van der Waals surface area (Å²) in [6.07, 6.45) is -1.04. The van der Waals surface area contributed by atoms with Crippen LogP contribution < -0.4 is 27.4 Å². The van der Waals surface area contributed by atoms with Gasteiger partial charge in [0.25, 0.3) is 0 Å². The maximum absolute atomic E-state index is 12.6. The highest BCUT2D eigenvalue weighted by Gasteiger charge is 2.31. The molecule has 31 heavy (non-hydrogen) atoms. The Kier molecular flexibility index (Phi) is 12.9. The van der Waals surface area contributed by atoms with Gasteiger partial charge in [-0.2, -0.15) is 0 Å². The zero-order chi connectivity index (χ0) is 24.1. The SMILES string of the molecule is CC(O)C(N)C(=O)NC(CCCCN)C(=O)NC(CO)C(=O)NC(CC(=O)O)C(=O)O. The summed E-state index contributed by atoms with van der Waals surface area (Å²) >= 11 is 0.